The first kappa shape index (κ1) is 37.5. The van der Waals surface area contributed by atoms with Crippen molar-refractivity contribution in [2.45, 2.75) is 103 Å². The number of aromatic nitrogens is 3. The van der Waals surface area contributed by atoms with Crippen molar-refractivity contribution in [3.63, 3.8) is 0 Å². The van der Waals surface area contributed by atoms with Gasteiger partial charge in [0.15, 0.2) is 0 Å². The van der Waals surface area contributed by atoms with Crippen LogP contribution in [0.1, 0.15) is 122 Å². The molecular formula is C43H54N6O5S. The van der Waals surface area contributed by atoms with Crippen molar-refractivity contribution in [1.82, 2.24) is 28.9 Å². The summed E-state index contributed by atoms with van der Waals surface area (Å²) in [6.45, 7) is 9.96. The first-order chi connectivity index (χ1) is 26.3. The van der Waals surface area contributed by atoms with Crippen LogP contribution in [0.25, 0.3) is 33.8 Å². The molecule has 5 heterocycles. The van der Waals surface area contributed by atoms with E-state index in [-0.39, 0.29) is 41.3 Å². The molecule has 0 spiro atoms. The van der Waals surface area contributed by atoms with Gasteiger partial charge in [-0.3, -0.25) is 14.3 Å². The van der Waals surface area contributed by atoms with Gasteiger partial charge < -0.3 is 19.1 Å². The quantitative estimate of drug-likeness (QED) is 0.190. The normalized spacial score (nSPS) is 20.4. The van der Waals surface area contributed by atoms with Gasteiger partial charge in [-0.05, 0) is 112 Å². The van der Waals surface area contributed by atoms with Gasteiger partial charge in [-0.15, -0.1) is 0 Å². The molecule has 3 aliphatic heterocycles. The summed E-state index contributed by atoms with van der Waals surface area (Å²) in [6, 6.07) is 12.2. The average Bonchev–Trinajstić information content (AvgIpc) is 3.77. The van der Waals surface area contributed by atoms with E-state index in [1.807, 2.05) is 36.7 Å². The summed E-state index contributed by atoms with van der Waals surface area (Å²) in [5, 5.41) is 5.94. The van der Waals surface area contributed by atoms with Gasteiger partial charge in [0, 0.05) is 53.2 Å². The standard InChI is InChI=1S/C43H54N6O5S/c1-26(2)25-55(52,53)45-42(50)29-12-16-36-38(20-29)47-22-31(18-30-19-34(54-6)15-17-35(30)41(47)39(36)28-10-8-7-9-11-28)40-37(21-44-49(40)27(3)4)43(51)48-32-13-14-33(48)24-46(5)23-32/h12,15-21,26-28,32-33H,7-11,13-14,22-25H2,1-6H3,(H,45,50)/t32-,33+. The van der Waals surface area contributed by atoms with Crippen molar-refractivity contribution >= 4 is 44.4 Å². The second kappa shape index (κ2) is 14.6. The molecule has 2 bridgehead atoms. The van der Waals surface area contributed by atoms with Crippen LogP contribution >= 0.6 is 0 Å². The monoisotopic (exact) mass is 766 g/mol. The molecule has 8 rings (SSSR count). The molecule has 55 heavy (non-hydrogen) atoms. The van der Waals surface area contributed by atoms with Crippen LogP contribution in [0.15, 0.2) is 42.6 Å². The molecule has 1 aliphatic carbocycles. The summed E-state index contributed by atoms with van der Waals surface area (Å²) in [6.07, 6.45) is 11.6. The Hall–Kier alpha value is -4.42. The number of likely N-dealkylation sites (N-methyl/N-ethyl adjacent to an activating group) is 1. The smallest absolute Gasteiger partial charge is 0.264 e. The molecule has 2 aromatic carbocycles. The second-order valence-corrected chi connectivity index (χ2v) is 18.7. The molecule has 0 radical (unpaired) electrons. The Bertz CT molecular complexity index is 2280. The molecule has 292 valence electrons. The highest BCUT2D eigenvalue weighted by Gasteiger charge is 2.43. The number of piperazine rings is 1. The van der Waals surface area contributed by atoms with Crippen LogP contribution < -0.4 is 9.46 Å². The zero-order chi connectivity index (χ0) is 38.8. The number of nitrogens with one attached hydrogen (secondary N) is 1. The van der Waals surface area contributed by atoms with E-state index in [2.05, 4.69) is 58.2 Å². The number of amides is 2. The summed E-state index contributed by atoms with van der Waals surface area (Å²) in [5.41, 5.74) is 7.88. The lowest BCUT2D eigenvalue weighted by Crippen LogP contribution is -2.54. The summed E-state index contributed by atoms with van der Waals surface area (Å²) in [5.74, 6) is 0.184. The highest BCUT2D eigenvalue weighted by Crippen LogP contribution is 2.48. The fraction of sp³-hybridized carbons (Fsp3) is 0.512. The van der Waals surface area contributed by atoms with Gasteiger partial charge in [0.2, 0.25) is 10.0 Å². The minimum atomic E-state index is -3.82. The summed E-state index contributed by atoms with van der Waals surface area (Å²) in [4.78, 5) is 32.9. The fourth-order valence-corrected chi connectivity index (χ4v) is 11.2. The number of hydrogen-bond donors (Lipinski definition) is 1. The molecule has 2 aromatic heterocycles. The number of rotatable bonds is 9. The van der Waals surface area contributed by atoms with Crippen LogP contribution in [0, 0.1) is 5.92 Å². The maximum absolute atomic E-state index is 14.8. The van der Waals surface area contributed by atoms with E-state index in [1.54, 1.807) is 19.4 Å². The Morgan fingerprint density at radius 3 is 2.35 bits per heavy atom. The minimum absolute atomic E-state index is 0.0172. The van der Waals surface area contributed by atoms with Crippen molar-refractivity contribution < 1.29 is 22.7 Å². The van der Waals surface area contributed by atoms with E-state index in [4.69, 9.17) is 9.84 Å². The molecule has 11 nitrogen and oxygen atoms in total. The van der Waals surface area contributed by atoms with Crippen molar-refractivity contribution in [2.75, 3.05) is 33.0 Å². The van der Waals surface area contributed by atoms with E-state index in [0.717, 1.165) is 96.4 Å². The topological polar surface area (TPSA) is 119 Å². The zero-order valence-corrected chi connectivity index (χ0v) is 33.8. The number of carbonyl (C=O) groups is 2. The van der Waals surface area contributed by atoms with Gasteiger partial charge in [0.1, 0.15) is 5.75 Å². The maximum Gasteiger partial charge on any atom is 0.264 e. The number of ether oxygens (including phenoxy) is 1. The first-order valence-electron chi connectivity index (χ1n) is 20.0. The summed E-state index contributed by atoms with van der Waals surface area (Å²) >= 11 is 0. The Labute approximate surface area is 324 Å². The van der Waals surface area contributed by atoms with E-state index in [1.165, 1.54) is 12.0 Å². The Morgan fingerprint density at radius 1 is 0.945 bits per heavy atom. The lowest BCUT2D eigenvalue weighted by atomic mass is 9.81. The van der Waals surface area contributed by atoms with E-state index < -0.39 is 15.9 Å². The largest absolute Gasteiger partial charge is 0.497 e. The van der Waals surface area contributed by atoms with Crippen LogP contribution in [0.2, 0.25) is 0 Å². The molecule has 3 fully saturated rings. The highest BCUT2D eigenvalue weighted by atomic mass is 32.2. The Kier molecular flexibility index (Phi) is 9.94. The molecule has 2 amide bonds. The van der Waals surface area contributed by atoms with E-state index in [9.17, 15) is 18.0 Å². The molecule has 4 aromatic rings. The molecule has 0 unspecified atom stereocenters. The van der Waals surface area contributed by atoms with Gasteiger partial charge in [0.05, 0.1) is 42.6 Å². The lowest BCUT2D eigenvalue weighted by molar-refractivity contribution is 0.0472. The number of hydrogen-bond acceptors (Lipinski definition) is 7. The van der Waals surface area contributed by atoms with Crippen LogP contribution in [0.4, 0.5) is 0 Å². The zero-order valence-electron chi connectivity index (χ0n) is 33.0. The third kappa shape index (κ3) is 6.90. The van der Waals surface area contributed by atoms with Gasteiger partial charge in [0.25, 0.3) is 11.8 Å². The Morgan fingerprint density at radius 2 is 1.67 bits per heavy atom. The van der Waals surface area contributed by atoms with Crippen molar-refractivity contribution in [3.05, 3.63) is 70.5 Å². The number of carbonyl (C=O) groups excluding carboxylic acids is 2. The predicted octanol–water partition coefficient (Wildman–Crippen LogP) is 7.33. The number of sulfonamides is 1. The molecular weight excluding hydrogens is 713 g/mol. The van der Waals surface area contributed by atoms with Crippen molar-refractivity contribution in [3.8, 4) is 17.0 Å². The number of allylic oxidation sites excluding steroid dienone is 1. The summed E-state index contributed by atoms with van der Waals surface area (Å²) in [7, 11) is -0.00554. The predicted molar refractivity (Wildman–Crippen MR) is 217 cm³/mol. The molecule has 4 aliphatic rings. The SMILES string of the molecule is COc1ccc2c(c1)C=C(c1c(C(=O)N3[C@@H]4CC[C@H]3CN(C)C4)cnn1C(C)C)Cn1c-2c(C2CCCCC2)c2ccc(C(=O)NS(=O)(=O)CC(C)C)cc21. The van der Waals surface area contributed by atoms with Gasteiger partial charge >= 0.3 is 0 Å². The minimum Gasteiger partial charge on any atom is -0.497 e. The lowest BCUT2D eigenvalue weighted by Gasteiger charge is -2.39. The number of methoxy groups -OCH3 is 1. The third-order valence-corrected chi connectivity index (χ3v) is 13.7. The number of likely N-dealkylation sites (tertiary alicyclic amines) is 1. The number of nitrogens with zero attached hydrogens (tertiary/aromatic N) is 5. The highest BCUT2D eigenvalue weighted by molar-refractivity contribution is 7.90. The van der Waals surface area contributed by atoms with Crippen LogP contribution in [-0.4, -0.2) is 89.5 Å². The average molecular weight is 767 g/mol. The van der Waals surface area contributed by atoms with Crippen LogP contribution in [-0.2, 0) is 16.6 Å². The van der Waals surface area contributed by atoms with Gasteiger partial charge in [-0.25, -0.2) is 13.1 Å². The summed E-state index contributed by atoms with van der Waals surface area (Å²) < 4.78 is 38.2. The van der Waals surface area contributed by atoms with Crippen molar-refractivity contribution in [1.29, 1.82) is 0 Å². The molecule has 2 saturated heterocycles. The Balaban J connectivity index is 1.33. The number of fused-ring (bicyclic) bond motifs is 7. The van der Waals surface area contributed by atoms with Crippen LogP contribution in [0.3, 0.4) is 0 Å². The maximum atomic E-state index is 14.8. The third-order valence-electron chi connectivity index (χ3n) is 12.1. The van der Waals surface area contributed by atoms with Crippen molar-refractivity contribution in [2.24, 2.45) is 5.92 Å². The van der Waals surface area contributed by atoms with E-state index in [0.29, 0.717) is 18.0 Å². The first-order valence-corrected chi connectivity index (χ1v) is 21.7. The molecule has 2 atom stereocenters. The molecule has 12 heteroatoms. The molecule has 1 saturated carbocycles. The fourth-order valence-electron chi connectivity index (χ4n) is 9.82. The van der Waals surface area contributed by atoms with E-state index >= 15 is 0 Å². The molecule has 1 N–H and O–H groups in total. The second-order valence-electron chi connectivity index (χ2n) is 16.9. The van der Waals surface area contributed by atoms with Crippen LogP contribution in [0.5, 0.6) is 5.75 Å². The number of benzene rings is 2. The van der Waals surface area contributed by atoms with Gasteiger partial charge in [-0.2, -0.15) is 5.10 Å². The van der Waals surface area contributed by atoms with Gasteiger partial charge in [-0.1, -0.05) is 39.2 Å².